The Morgan fingerprint density at radius 2 is 2.18 bits per heavy atom. The molecule has 1 atom stereocenters. The molecule has 0 spiro atoms. The summed E-state index contributed by atoms with van der Waals surface area (Å²) in [6.45, 7) is 1.97. The predicted octanol–water partition coefficient (Wildman–Crippen LogP) is 4.10. The minimum atomic E-state index is -0.459. The average Bonchev–Trinajstić information content (AvgIpc) is 2.83. The molecule has 0 fully saturated rings. The maximum Gasteiger partial charge on any atom is 0.131 e. The first-order chi connectivity index (χ1) is 8.14. The van der Waals surface area contributed by atoms with Crippen LogP contribution < -0.4 is 0 Å². The van der Waals surface area contributed by atoms with E-state index in [1.165, 1.54) is 0 Å². The maximum atomic E-state index is 11.4. The molecule has 0 N–H and O–H groups in total. The van der Waals surface area contributed by atoms with Crippen molar-refractivity contribution in [2.24, 2.45) is 0 Å². The zero-order chi connectivity index (χ0) is 12.3. The van der Waals surface area contributed by atoms with E-state index in [1.807, 2.05) is 48.7 Å². The molecule has 88 valence electrons. The number of hydrogen-bond acceptors (Lipinski definition) is 2. The van der Waals surface area contributed by atoms with Crippen molar-refractivity contribution in [3.05, 3.63) is 57.2 Å². The molecule has 3 heteroatoms. The van der Waals surface area contributed by atoms with Crippen molar-refractivity contribution in [1.82, 2.24) is 0 Å². The van der Waals surface area contributed by atoms with Crippen LogP contribution in [0.5, 0.6) is 0 Å². The lowest BCUT2D eigenvalue weighted by Crippen LogP contribution is -2.25. The van der Waals surface area contributed by atoms with Gasteiger partial charge < -0.3 is 4.79 Å². The van der Waals surface area contributed by atoms with E-state index in [1.54, 1.807) is 11.3 Å². The average molecular weight is 265 g/mol. The Labute approximate surface area is 110 Å². The van der Waals surface area contributed by atoms with Crippen molar-refractivity contribution in [2.45, 2.75) is 18.8 Å². The molecule has 0 saturated carbocycles. The van der Waals surface area contributed by atoms with E-state index >= 15 is 0 Å². The van der Waals surface area contributed by atoms with E-state index in [9.17, 15) is 4.79 Å². The van der Waals surface area contributed by atoms with Crippen molar-refractivity contribution in [1.29, 1.82) is 0 Å². The highest BCUT2D eigenvalue weighted by atomic mass is 35.5. The van der Waals surface area contributed by atoms with Gasteiger partial charge in [-0.05, 0) is 42.5 Å². The van der Waals surface area contributed by atoms with Gasteiger partial charge in [-0.25, -0.2) is 0 Å². The van der Waals surface area contributed by atoms with Crippen LogP contribution in [0.3, 0.4) is 0 Å². The van der Waals surface area contributed by atoms with Crippen LogP contribution in [-0.2, 0) is 16.6 Å². The SMILES string of the molecule is CC(C=O)(Cc1cccc(Cl)c1)c1cccs1. The molecule has 1 nitrogen and oxygen atoms in total. The van der Waals surface area contributed by atoms with Crippen LogP contribution in [0.15, 0.2) is 41.8 Å². The molecule has 0 radical (unpaired) electrons. The molecule has 1 aromatic carbocycles. The molecule has 0 aliphatic rings. The van der Waals surface area contributed by atoms with Gasteiger partial charge in [-0.2, -0.15) is 0 Å². The summed E-state index contributed by atoms with van der Waals surface area (Å²) < 4.78 is 0. The van der Waals surface area contributed by atoms with Gasteiger partial charge in [-0.15, -0.1) is 11.3 Å². The van der Waals surface area contributed by atoms with Crippen molar-refractivity contribution < 1.29 is 4.79 Å². The van der Waals surface area contributed by atoms with Crippen molar-refractivity contribution in [3.8, 4) is 0 Å². The van der Waals surface area contributed by atoms with Crippen molar-refractivity contribution in [2.75, 3.05) is 0 Å². The number of aldehydes is 1. The highest BCUT2D eigenvalue weighted by Crippen LogP contribution is 2.30. The predicted molar refractivity (Wildman–Crippen MR) is 72.9 cm³/mol. The first kappa shape index (κ1) is 12.3. The quantitative estimate of drug-likeness (QED) is 0.760. The van der Waals surface area contributed by atoms with Crippen LogP contribution in [0.4, 0.5) is 0 Å². The summed E-state index contributed by atoms with van der Waals surface area (Å²) >= 11 is 7.57. The molecule has 17 heavy (non-hydrogen) atoms. The Hall–Kier alpha value is -1.12. The van der Waals surface area contributed by atoms with Gasteiger partial charge in [0.2, 0.25) is 0 Å². The largest absolute Gasteiger partial charge is 0.302 e. The van der Waals surface area contributed by atoms with Gasteiger partial charge in [0, 0.05) is 9.90 Å². The summed E-state index contributed by atoms with van der Waals surface area (Å²) in [4.78, 5) is 12.5. The van der Waals surface area contributed by atoms with Gasteiger partial charge in [-0.1, -0.05) is 29.8 Å². The molecule has 2 aromatic rings. The van der Waals surface area contributed by atoms with Crippen molar-refractivity contribution >= 4 is 29.2 Å². The van der Waals surface area contributed by atoms with Crippen LogP contribution in [0.1, 0.15) is 17.4 Å². The fourth-order valence-corrected chi connectivity index (χ4v) is 2.92. The summed E-state index contributed by atoms with van der Waals surface area (Å²) in [6, 6.07) is 11.6. The smallest absolute Gasteiger partial charge is 0.131 e. The Bertz CT molecular complexity index is 507. The van der Waals surface area contributed by atoms with E-state index in [0.717, 1.165) is 16.7 Å². The number of rotatable bonds is 4. The molecule has 0 amide bonds. The third kappa shape index (κ3) is 2.76. The van der Waals surface area contributed by atoms with Crippen LogP contribution in [0.25, 0.3) is 0 Å². The summed E-state index contributed by atoms with van der Waals surface area (Å²) in [5.41, 5.74) is 0.624. The van der Waals surface area contributed by atoms with E-state index < -0.39 is 5.41 Å². The van der Waals surface area contributed by atoms with Gasteiger partial charge in [0.15, 0.2) is 0 Å². The minimum absolute atomic E-state index is 0.459. The van der Waals surface area contributed by atoms with E-state index in [2.05, 4.69) is 0 Å². The molecular weight excluding hydrogens is 252 g/mol. The monoisotopic (exact) mass is 264 g/mol. The number of thiophene rings is 1. The minimum Gasteiger partial charge on any atom is -0.302 e. The molecule has 2 rings (SSSR count). The van der Waals surface area contributed by atoms with Gasteiger partial charge in [0.1, 0.15) is 6.29 Å². The summed E-state index contributed by atoms with van der Waals surface area (Å²) in [5, 5.41) is 2.71. The van der Waals surface area contributed by atoms with Crippen LogP contribution in [0, 0.1) is 0 Å². The topological polar surface area (TPSA) is 17.1 Å². The molecule has 1 unspecified atom stereocenters. The van der Waals surface area contributed by atoms with Gasteiger partial charge in [-0.3, -0.25) is 0 Å². The molecule has 0 bridgehead atoms. The van der Waals surface area contributed by atoms with Gasteiger partial charge in [0.05, 0.1) is 5.41 Å². The zero-order valence-corrected chi connectivity index (χ0v) is 11.1. The molecule has 0 aliphatic heterocycles. The standard InChI is InChI=1S/C14H13ClOS/c1-14(10-16,13-6-3-7-17-13)9-11-4-2-5-12(15)8-11/h2-8,10H,9H2,1H3. The van der Waals surface area contributed by atoms with Crippen LogP contribution >= 0.6 is 22.9 Å². The third-order valence-electron chi connectivity index (χ3n) is 2.80. The van der Waals surface area contributed by atoms with Crippen LogP contribution in [0.2, 0.25) is 5.02 Å². The highest BCUT2D eigenvalue weighted by Gasteiger charge is 2.27. The maximum absolute atomic E-state index is 11.4. The second-order valence-corrected chi connectivity index (χ2v) is 5.70. The summed E-state index contributed by atoms with van der Waals surface area (Å²) in [7, 11) is 0. The Morgan fingerprint density at radius 3 is 2.76 bits per heavy atom. The molecular formula is C14H13ClOS. The molecule has 0 aliphatic carbocycles. The fraction of sp³-hybridized carbons (Fsp3) is 0.214. The normalized spacial score (nSPS) is 14.2. The number of benzene rings is 1. The Kier molecular flexibility index (Phi) is 3.65. The van der Waals surface area contributed by atoms with E-state index in [4.69, 9.17) is 11.6 Å². The summed E-state index contributed by atoms with van der Waals surface area (Å²) in [5.74, 6) is 0. The second-order valence-electron chi connectivity index (χ2n) is 4.32. The molecule has 1 heterocycles. The van der Waals surface area contributed by atoms with Gasteiger partial charge in [0.25, 0.3) is 0 Å². The lowest BCUT2D eigenvalue weighted by molar-refractivity contribution is -0.112. The lowest BCUT2D eigenvalue weighted by Gasteiger charge is -2.21. The third-order valence-corrected chi connectivity index (χ3v) is 4.19. The summed E-state index contributed by atoms with van der Waals surface area (Å²) in [6.07, 6.45) is 1.71. The Balaban J connectivity index is 2.29. The number of carbonyl (C=O) groups is 1. The Morgan fingerprint density at radius 1 is 1.35 bits per heavy atom. The zero-order valence-electron chi connectivity index (χ0n) is 9.52. The van der Waals surface area contributed by atoms with Gasteiger partial charge >= 0.3 is 0 Å². The number of carbonyl (C=O) groups excluding carboxylic acids is 1. The number of hydrogen-bond donors (Lipinski definition) is 0. The first-order valence-corrected chi connectivity index (χ1v) is 6.64. The molecule has 1 aromatic heterocycles. The number of halogens is 1. The highest BCUT2D eigenvalue weighted by molar-refractivity contribution is 7.10. The van der Waals surface area contributed by atoms with E-state index in [0.29, 0.717) is 11.4 Å². The van der Waals surface area contributed by atoms with E-state index in [-0.39, 0.29) is 0 Å². The fourth-order valence-electron chi connectivity index (χ4n) is 1.86. The first-order valence-electron chi connectivity index (χ1n) is 5.39. The van der Waals surface area contributed by atoms with Crippen LogP contribution in [-0.4, -0.2) is 6.29 Å². The lowest BCUT2D eigenvalue weighted by atomic mass is 9.84. The van der Waals surface area contributed by atoms with Crippen molar-refractivity contribution in [3.63, 3.8) is 0 Å². The molecule has 0 saturated heterocycles. The second kappa shape index (κ2) is 5.03.